The van der Waals surface area contributed by atoms with Crippen LogP contribution >= 0.6 is 27.5 Å². The maximum absolute atomic E-state index is 9.85. The molecule has 1 atom stereocenters. The fourth-order valence-corrected chi connectivity index (χ4v) is 2.27. The molecule has 0 aromatic carbocycles. The molecule has 6 heteroatoms. The van der Waals surface area contributed by atoms with E-state index in [1.807, 2.05) is 11.8 Å². The summed E-state index contributed by atoms with van der Waals surface area (Å²) in [7, 11) is 0. The lowest BCUT2D eigenvalue weighted by molar-refractivity contribution is 0.0839. The van der Waals surface area contributed by atoms with E-state index in [2.05, 4.69) is 25.9 Å². The maximum atomic E-state index is 9.85. The molecule has 2 heterocycles. The van der Waals surface area contributed by atoms with E-state index >= 15 is 0 Å². The normalized spacial score (nSPS) is 26.0. The van der Waals surface area contributed by atoms with Gasteiger partial charge in [-0.3, -0.25) is 0 Å². The van der Waals surface area contributed by atoms with Gasteiger partial charge in [0.05, 0.1) is 10.1 Å². The Morgan fingerprint density at radius 2 is 2.33 bits per heavy atom. The van der Waals surface area contributed by atoms with Crippen LogP contribution in [0.25, 0.3) is 0 Å². The van der Waals surface area contributed by atoms with E-state index in [9.17, 15) is 5.11 Å². The Labute approximate surface area is 101 Å². The van der Waals surface area contributed by atoms with Gasteiger partial charge in [0.1, 0.15) is 17.3 Å². The highest BCUT2D eigenvalue weighted by atomic mass is 79.9. The zero-order valence-electron chi connectivity index (χ0n) is 8.24. The summed E-state index contributed by atoms with van der Waals surface area (Å²) in [5.74, 6) is 0.743. The van der Waals surface area contributed by atoms with Crippen molar-refractivity contribution in [1.82, 2.24) is 9.97 Å². The molecular weight excluding hydrogens is 281 g/mol. The SMILES string of the molecule is CC1(O)CCN(c2ncnc(Cl)c2Br)C1. The second-order valence-electron chi connectivity index (χ2n) is 3.97. The molecule has 0 amide bonds. The molecule has 1 N–H and O–H groups in total. The summed E-state index contributed by atoms with van der Waals surface area (Å²) in [4.78, 5) is 10.0. The second-order valence-corrected chi connectivity index (χ2v) is 5.12. The number of halogens is 2. The molecule has 1 saturated heterocycles. The number of aromatic nitrogens is 2. The molecule has 0 aliphatic carbocycles. The van der Waals surface area contributed by atoms with Gasteiger partial charge in [0, 0.05) is 13.1 Å². The third-order valence-corrected chi connectivity index (χ3v) is 3.72. The lowest BCUT2D eigenvalue weighted by Crippen LogP contribution is -2.30. The highest BCUT2D eigenvalue weighted by Gasteiger charge is 2.33. The first-order chi connectivity index (χ1) is 6.99. The van der Waals surface area contributed by atoms with Crippen molar-refractivity contribution in [3.63, 3.8) is 0 Å². The van der Waals surface area contributed by atoms with Crippen molar-refractivity contribution < 1.29 is 5.11 Å². The molecule has 82 valence electrons. The molecule has 0 saturated carbocycles. The van der Waals surface area contributed by atoms with Crippen LogP contribution in [-0.2, 0) is 0 Å². The van der Waals surface area contributed by atoms with Crippen LogP contribution in [0.4, 0.5) is 5.82 Å². The summed E-state index contributed by atoms with van der Waals surface area (Å²) in [5, 5.41) is 10.2. The van der Waals surface area contributed by atoms with Crippen LogP contribution in [0.3, 0.4) is 0 Å². The molecule has 4 nitrogen and oxygen atoms in total. The fraction of sp³-hybridized carbons (Fsp3) is 0.556. The Bertz CT molecular complexity index is 386. The molecule has 0 radical (unpaired) electrons. The van der Waals surface area contributed by atoms with Crippen LogP contribution in [0.2, 0.25) is 5.15 Å². The smallest absolute Gasteiger partial charge is 0.148 e. The van der Waals surface area contributed by atoms with Crippen molar-refractivity contribution in [3.05, 3.63) is 16.0 Å². The molecule has 1 unspecified atom stereocenters. The van der Waals surface area contributed by atoms with Gasteiger partial charge in [-0.1, -0.05) is 11.6 Å². The van der Waals surface area contributed by atoms with E-state index in [0.717, 1.165) is 18.8 Å². The van der Waals surface area contributed by atoms with Crippen molar-refractivity contribution in [2.24, 2.45) is 0 Å². The molecule has 15 heavy (non-hydrogen) atoms. The van der Waals surface area contributed by atoms with Gasteiger partial charge in [0.15, 0.2) is 0 Å². The largest absolute Gasteiger partial charge is 0.388 e. The number of hydrogen-bond donors (Lipinski definition) is 1. The molecular formula is C9H11BrClN3O. The topological polar surface area (TPSA) is 49.2 Å². The van der Waals surface area contributed by atoms with Crippen molar-refractivity contribution in [2.75, 3.05) is 18.0 Å². The van der Waals surface area contributed by atoms with Gasteiger partial charge in [-0.2, -0.15) is 0 Å². The minimum atomic E-state index is -0.642. The predicted octanol–water partition coefficient (Wildman–Crippen LogP) is 1.85. The van der Waals surface area contributed by atoms with Crippen molar-refractivity contribution in [3.8, 4) is 0 Å². The molecule has 1 aromatic rings. The zero-order valence-corrected chi connectivity index (χ0v) is 10.6. The third kappa shape index (κ3) is 2.24. The summed E-state index contributed by atoms with van der Waals surface area (Å²) < 4.78 is 0.685. The highest BCUT2D eigenvalue weighted by Crippen LogP contribution is 2.33. The molecule has 1 aliphatic rings. The van der Waals surface area contributed by atoms with E-state index in [0.29, 0.717) is 16.2 Å². The van der Waals surface area contributed by atoms with Crippen LogP contribution in [0.15, 0.2) is 10.8 Å². The Morgan fingerprint density at radius 3 is 2.93 bits per heavy atom. The molecule has 0 spiro atoms. The third-order valence-electron chi connectivity index (χ3n) is 2.48. The van der Waals surface area contributed by atoms with E-state index in [1.165, 1.54) is 6.33 Å². The maximum Gasteiger partial charge on any atom is 0.148 e. The van der Waals surface area contributed by atoms with Crippen LogP contribution in [-0.4, -0.2) is 33.8 Å². The monoisotopic (exact) mass is 291 g/mol. The summed E-state index contributed by atoms with van der Waals surface area (Å²) in [6.07, 6.45) is 2.16. The van der Waals surface area contributed by atoms with Gasteiger partial charge in [0.25, 0.3) is 0 Å². The number of hydrogen-bond acceptors (Lipinski definition) is 4. The van der Waals surface area contributed by atoms with Crippen molar-refractivity contribution in [1.29, 1.82) is 0 Å². The van der Waals surface area contributed by atoms with E-state index < -0.39 is 5.60 Å². The van der Waals surface area contributed by atoms with Crippen LogP contribution in [0.1, 0.15) is 13.3 Å². The molecule has 1 aliphatic heterocycles. The predicted molar refractivity (Wildman–Crippen MR) is 62.2 cm³/mol. The highest BCUT2D eigenvalue weighted by molar-refractivity contribution is 9.10. The first kappa shape index (κ1) is 11.1. The average Bonchev–Trinajstić information content (AvgIpc) is 2.51. The fourth-order valence-electron chi connectivity index (χ4n) is 1.69. The Kier molecular flexibility index (Phi) is 2.87. The lowest BCUT2D eigenvalue weighted by atomic mass is 10.1. The Balaban J connectivity index is 2.28. The first-order valence-corrected chi connectivity index (χ1v) is 5.80. The van der Waals surface area contributed by atoms with Crippen LogP contribution in [0.5, 0.6) is 0 Å². The van der Waals surface area contributed by atoms with E-state index in [4.69, 9.17) is 11.6 Å². The van der Waals surface area contributed by atoms with Gasteiger partial charge in [-0.05, 0) is 29.3 Å². The Hall–Kier alpha value is -0.390. The summed E-state index contributed by atoms with van der Waals surface area (Å²) in [6, 6.07) is 0. The molecule has 0 bridgehead atoms. The van der Waals surface area contributed by atoms with Gasteiger partial charge in [-0.15, -0.1) is 0 Å². The number of β-amino-alcohol motifs (C(OH)–C–C–N with tert-alkyl or cyclic N) is 1. The molecule has 1 fully saturated rings. The average molecular weight is 293 g/mol. The summed E-state index contributed by atoms with van der Waals surface area (Å²) in [5.41, 5.74) is -0.642. The van der Waals surface area contributed by atoms with E-state index in [-0.39, 0.29) is 0 Å². The summed E-state index contributed by atoms with van der Waals surface area (Å²) >= 11 is 9.22. The number of anilines is 1. The quantitative estimate of drug-likeness (QED) is 0.803. The van der Waals surface area contributed by atoms with Gasteiger partial charge in [-0.25, -0.2) is 9.97 Å². The Morgan fingerprint density at radius 1 is 1.60 bits per heavy atom. The van der Waals surface area contributed by atoms with Crippen molar-refractivity contribution in [2.45, 2.75) is 18.9 Å². The minimum absolute atomic E-state index is 0.395. The van der Waals surface area contributed by atoms with E-state index in [1.54, 1.807) is 0 Å². The molecule has 2 rings (SSSR count). The van der Waals surface area contributed by atoms with Gasteiger partial charge < -0.3 is 10.0 Å². The second kappa shape index (κ2) is 3.88. The lowest BCUT2D eigenvalue weighted by Gasteiger charge is -2.20. The van der Waals surface area contributed by atoms with Gasteiger partial charge in [0.2, 0.25) is 0 Å². The minimum Gasteiger partial charge on any atom is -0.388 e. The number of rotatable bonds is 1. The van der Waals surface area contributed by atoms with Crippen LogP contribution < -0.4 is 4.90 Å². The van der Waals surface area contributed by atoms with Gasteiger partial charge >= 0.3 is 0 Å². The first-order valence-electron chi connectivity index (χ1n) is 4.63. The molecule has 1 aromatic heterocycles. The standard InChI is InChI=1S/C9H11BrClN3O/c1-9(15)2-3-14(4-9)8-6(10)7(11)12-5-13-8/h5,15H,2-4H2,1H3. The summed E-state index contributed by atoms with van der Waals surface area (Å²) in [6.45, 7) is 3.17. The zero-order chi connectivity index (χ0) is 11.1. The van der Waals surface area contributed by atoms with Crippen molar-refractivity contribution >= 4 is 33.3 Å². The van der Waals surface area contributed by atoms with Crippen LogP contribution in [0, 0.1) is 0 Å². The number of aliphatic hydroxyl groups is 1. The number of nitrogens with zero attached hydrogens (tertiary/aromatic N) is 3.